The highest BCUT2D eigenvalue weighted by atomic mass is 14.8. The first-order valence-electron chi connectivity index (χ1n) is 18.8. The van der Waals surface area contributed by atoms with Crippen molar-refractivity contribution in [2.75, 3.05) is 13.1 Å². The molecule has 0 fully saturated rings. The van der Waals surface area contributed by atoms with Crippen LogP contribution in [0.3, 0.4) is 0 Å². The fourth-order valence-corrected chi connectivity index (χ4v) is 5.97. The summed E-state index contributed by atoms with van der Waals surface area (Å²) in [5.74, 6) is 1.79. The highest BCUT2D eigenvalue weighted by Gasteiger charge is 1.98. The monoisotopic (exact) mass is 550 g/mol. The van der Waals surface area contributed by atoms with Crippen molar-refractivity contribution in [3.05, 3.63) is 0 Å². The predicted octanol–water partition coefficient (Wildman–Crippen LogP) is 13.6. The van der Waals surface area contributed by atoms with Gasteiger partial charge in [-0.3, -0.25) is 0 Å². The van der Waals surface area contributed by atoms with Crippen LogP contribution in [-0.2, 0) is 0 Å². The van der Waals surface area contributed by atoms with Crippen LogP contribution in [0.2, 0.25) is 0 Å². The van der Waals surface area contributed by atoms with Crippen LogP contribution in [0.4, 0.5) is 0 Å². The molecule has 236 valence electrons. The smallest absolute Gasteiger partial charge is 0.00489 e. The lowest BCUT2D eigenvalue weighted by atomic mass is 10.0. The molecule has 0 rings (SSSR count). The molecule has 1 N–H and O–H groups in total. The summed E-state index contributed by atoms with van der Waals surface area (Å²) in [5.41, 5.74) is 0. The summed E-state index contributed by atoms with van der Waals surface area (Å²) in [7, 11) is 0. The highest BCUT2D eigenvalue weighted by molar-refractivity contribution is 4.54. The van der Waals surface area contributed by atoms with Crippen LogP contribution in [0, 0.1) is 11.8 Å². The third-order valence-electron chi connectivity index (χ3n) is 8.77. The SMILES string of the molecule is CC(C)CCCCCCCCCCCCCCCCNCCCCCCCCCCCCCCCCC(C)C. The van der Waals surface area contributed by atoms with Gasteiger partial charge in [0.15, 0.2) is 0 Å². The molecule has 0 aliphatic heterocycles. The minimum atomic E-state index is 0.893. The van der Waals surface area contributed by atoms with Crippen molar-refractivity contribution in [3.63, 3.8) is 0 Å². The van der Waals surface area contributed by atoms with Gasteiger partial charge in [0, 0.05) is 0 Å². The van der Waals surface area contributed by atoms with Crippen molar-refractivity contribution in [2.24, 2.45) is 11.8 Å². The van der Waals surface area contributed by atoms with E-state index in [1.54, 1.807) is 0 Å². The highest BCUT2D eigenvalue weighted by Crippen LogP contribution is 2.16. The van der Waals surface area contributed by atoms with Gasteiger partial charge in [0.1, 0.15) is 0 Å². The van der Waals surface area contributed by atoms with Crippen LogP contribution in [0.25, 0.3) is 0 Å². The molecular formula is C38H79N. The lowest BCUT2D eigenvalue weighted by Crippen LogP contribution is -2.16. The molecular weight excluding hydrogens is 470 g/mol. The van der Waals surface area contributed by atoms with E-state index >= 15 is 0 Å². The van der Waals surface area contributed by atoms with Crippen LogP contribution in [0.5, 0.6) is 0 Å². The van der Waals surface area contributed by atoms with Crippen molar-refractivity contribution in [1.29, 1.82) is 0 Å². The van der Waals surface area contributed by atoms with E-state index in [4.69, 9.17) is 0 Å². The van der Waals surface area contributed by atoms with Gasteiger partial charge >= 0.3 is 0 Å². The Labute approximate surface area is 250 Å². The maximum absolute atomic E-state index is 3.69. The van der Waals surface area contributed by atoms with Crippen molar-refractivity contribution < 1.29 is 0 Å². The Balaban J connectivity index is 3.03. The Morgan fingerprint density at radius 2 is 0.436 bits per heavy atom. The minimum absolute atomic E-state index is 0.893. The standard InChI is InChI=1S/C38H79N/c1-37(2)33-29-25-21-17-13-9-5-7-11-15-19-23-27-31-35-39-36-32-28-24-20-16-12-8-6-10-14-18-22-26-30-34-38(3)4/h37-39H,5-36H2,1-4H3. The molecule has 0 atom stereocenters. The number of hydrogen-bond acceptors (Lipinski definition) is 1. The van der Waals surface area contributed by atoms with Crippen molar-refractivity contribution in [1.82, 2.24) is 5.32 Å². The average molecular weight is 550 g/mol. The molecule has 0 unspecified atom stereocenters. The van der Waals surface area contributed by atoms with Crippen molar-refractivity contribution >= 4 is 0 Å². The molecule has 0 aliphatic rings. The summed E-state index contributed by atoms with van der Waals surface area (Å²) < 4.78 is 0. The summed E-state index contributed by atoms with van der Waals surface area (Å²) in [6, 6.07) is 0. The molecule has 0 spiro atoms. The zero-order valence-corrected chi connectivity index (χ0v) is 28.3. The third-order valence-corrected chi connectivity index (χ3v) is 8.77. The predicted molar refractivity (Wildman–Crippen MR) is 181 cm³/mol. The molecule has 0 aliphatic carbocycles. The van der Waals surface area contributed by atoms with Crippen LogP contribution in [0.15, 0.2) is 0 Å². The third kappa shape index (κ3) is 38.0. The first-order valence-corrected chi connectivity index (χ1v) is 18.8. The molecule has 0 heterocycles. The van der Waals surface area contributed by atoms with Gasteiger partial charge in [0.05, 0.1) is 0 Å². The molecule has 0 amide bonds. The van der Waals surface area contributed by atoms with Crippen LogP contribution in [0.1, 0.15) is 220 Å². The Bertz CT molecular complexity index is 377. The van der Waals surface area contributed by atoms with Crippen molar-refractivity contribution in [3.8, 4) is 0 Å². The van der Waals surface area contributed by atoms with E-state index in [0.717, 1.165) is 11.8 Å². The van der Waals surface area contributed by atoms with Gasteiger partial charge in [-0.05, 0) is 37.8 Å². The van der Waals surface area contributed by atoms with Gasteiger partial charge in [-0.25, -0.2) is 0 Å². The topological polar surface area (TPSA) is 12.0 Å². The second-order valence-corrected chi connectivity index (χ2v) is 14.0. The lowest BCUT2D eigenvalue weighted by Gasteiger charge is -2.06. The van der Waals surface area contributed by atoms with Gasteiger partial charge < -0.3 is 5.32 Å². The Morgan fingerprint density at radius 1 is 0.256 bits per heavy atom. The van der Waals surface area contributed by atoms with Gasteiger partial charge in [-0.2, -0.15) is 0 Å². The first-order chi connectivity index (χ1) is 19.1. The molecule has 0 saturated heterocycles. The van der Waals surface area contributed by atoms with Crippen molar-refractivity contribution in [2.45, 2.75) is 220 Å². The van der Waals surface area contributed by atoms with E-state index in [9.17, 15) is 0 Å². The molecule has 0 aromatic carbocycles. The van der Waals surface area contributed by atoms with E-state index in [2.05, 4.69) is 33.0 Å². The van der Waals surface area contributed by atoms with Gasteiger partial charge in [0.25, 0.3) is 0 Å². The Hall–Kier alpha value is -0.0400. The van der Waals surface area contributed by atoms with Gasteiger partial charge in [0.2, 0.25) is 0 Å². The van der Waals surface area contributed by atoms with E-state index in [1.807, 2.05) is 0 Å². The summed E-state index contributed by atoms with van der Waals surface area (Å²) >= 11 is 0. The molecule has 0 aromatic rings. The zero-order valence-electron chi connectivity index (χ0n) is 28.3. The second-order valence-electron chi connectivity index (χ2n) is 14.0. The first kappa shape index (κ1) is 39.0. The maximum Gasteiger partial charge on any atom is -0.00489 e. The summed E-state index contributed by atoms with van der Waals surface area (Å²) in [4.78, 5) is 0. The van der Waals surface area contributed by atoms with Gasteiger partial charge in [-0.1, -0.05) is 207 Å². The minimum Gasteiger partial charge on any atom is -0.317 e. The summed E-state index contributed by atoms with van der Waals surface area (Å²) in [6.07, 6.45) is 43.8. The zero-order chi connectivity index (χ0) is 28.5. The van der Waals surface area contributed by atoms with E-state index in [1.165, 1.54) is 206 Å². The molecule has 0 radical (unpaired) electrons. The lowest BCUT2D eigenvalue weighted by molar-refractivity contribution is 0.500. The van der Waals surface area contributed by atoms with E-state index in [-0.39, 0.29) is 0 Å². The molecule has 1 heteroatoms. The molecule has 39 heavy (non-hydrogen) atoms. The molecule has 0 bridgehead atoms. The largest absolute Gasteiger partial charge is 0.317 e. The summed E-state index contributed by atoms with van der Waals surface area (Å²) in [5, 5.41) is 3.69. The van der Waals surface area contributed by atoms with Crippen LogP contribution < -0.4 is 5.32 Å². The Morgan fingerprint density at radius 3 is 0.641 bits per heavy atom. The van der Waals surface area contributed by atoms with E-state index < -0.39 is 0 Å². The normalized spacial score (nSPS) is 11.8. The summed E-state index contributed by atoms with van der Waals surface area (Å²) in [6.45, 7) is 11.9. The number of nitrogens with one attached hydrogen (secondary N) is 1. The second kappa shape index (κ2) is 34.2. The fraction of sp³-hybridized carbons (Fsp3) is 1.00. The van der Waals surface area contributed by atoms with Crippen LogP contribution in [-0.4, -0.2) is 13.1 Å². The molecule has 1 nitrogen and oxygen atoms in total. The number of unbranched alkanes of at least 4 members (excludes halogenated alkanes) is 26. The Kier molecular flexibility index (Phi) is 34.1. The molecule has 0 saturated carbocycles. The average Bonchev–Trinajstić information content (AvgIpc) is 2.91. The van der Waals surface area contributed by atoms with Crippen LogP contribution >= 0.6 is 0 Å². The maximum atomic E-state index is 3.69. The molecule has 0 aromatic heterocycles. The van der Waals surface area contributed by atoms with E-state index in [0.29, 0.717) is 0 Å². The van der Waals surface area contributed by atoms with Gasteiger partial charge in [-0.15, -0.1) is 0 Å². The fourth-order valence-electron chi connectivity index (χ4n) is 5.97. The quantitative estimate of drug-likeness (QED) is 0.0787. The number of hydrogen-bond donors (Lipinski definition) is 1. The number of rotatable bonds is 34.